The zero-order valence-corrected chi connectivity index (χ0v) is 12.0. The Bertz CT molecular complexity index is 413. The molecule has 0 bridgehead atoms. The van der Waals surface area contributed by atoms with Gasteiger partial charge in [-0.3, -0.25) is 14.9 Å². The predicted molar refractivity (Wildman–Crippen MR) is 75.8 cm³/mol. The molecule has 2 unspecified atom stereocenters. The maximum Gasteiger partial charge on any atom is 0.0727 e. The molecule has 2 atom stereocenters. The first-order valence-electron chi connectivity index (χ1n) is 7.51. The van der Waals surface area contributed by atoms with E-state index >= 15 is 0 Å². The van der Waals surface area contributed by atoms with Gasteiger partial charge in [0.25, 0.3) is 0 Å². The summed E-state index contributed by atoms with van der Waals surface area (Å²) < 4.78 is 0. The summed E-state index contributed by atoms with van der Waals surface area (Å²) in [6.07, 6.45) is 7.82. The van der Waals surface area contributed by atoms with E-state index in [1.54, 1.807) is 0 Å². The zero-order chi connectivity index (χ0) is 13.2. The molecule has 0 spiro atoms. The molecule has 0 amide bonds. The van der Waals surface area contributed by atoms with Crippen LogP contribution in [-0.2, 0) is 6.54 Å². The number of piperazine rings is 1. The van der Waals surface area contributed by atoms with Crippen molar-refractivity contribution in [2.24, 2.45) is 5.92 Å². The minimum atomic E-state index is 0.637. The van der Waals surface area contributed by atoms with Crippen molar-refractivity contribution in [2.75, 3.05) is 13.1 Å². The van der Waals surface area contributed by atoms with Crippen LogP contribution in [0.2, 0.25) is 0 Å². The van der Waals surface area contributed by atoms with Gasteiger partial charge in [0.1, 0.15) is 0 Å². The maximum atomic E-state index is 4.50. The van der Waals surface area contributed by atoms with E-state index in [0.29, 0.717) is 12.1 Å². The molecule has 2 heterocycles. The van der Waals surface area contributed by atoms with E-state index in [9.17, 15) is 0 Å². The Kier molecular flexibility index (Phi) is 3.80. The third kappa shape index (κ3) is 3.12. The lowest BCUT2D eigenvalue weighted by atomic mass is 10.0. The van der Waals surface area contributed by atoms with Crippen molar-refractivity contribution in [1.82, 2.24) is 20.2 Å². The number of hydrogen-bond donors (Lipinski definition) is 1. The number of nitrogens with one attached hydrogen (secondary N) is 1. The van der Waals surface area contributed by atoms with Crippen molar-refractivity contribution >= 4 is 0 Å². The largest absolute Gasteiger partial charge is 0.311 e. The van der Waals surface area contributed by atoms with Crippen molar-refractivity contribution in [3.05, 3.63) is 23.8 Å². The average Bonchev–Trinajstić information content (AvgIpc) is 3.26. The molecule has 1 aliphatic heterocycles. The normalized spacial score (nSPS) is 28.5. The topological polar surface area (TPSA) is 41.0 Å². The van der Waals surface area contributed by atoms with Crippen molar-refractivity contribution < 1.29 is 0 Å². The Labute approximate surface area is 115 Å². The number of aryl methyl sites for hydroxylation is 1. The molecular weight excluding hydrogens is 236 g/mol. The summed E-state index contributed by atoms with van der Waals surface area (Å²) in [7, 11) is 0. The Morgan fingerprint density at radius 3 is 2.79 bits per heavy atom. The molecular formula is C15H24N4. The number of aromatic nitrogens is 2. The first-order valence-corrected chi connectivity index (χ1v) is 7.51. The molecule has 1 N–H and O–H groups in total. The van der Waals surface area contributed by atoms with Gasteiger partial charge in [-0.15, -0.1) is 0 Å². The fraction of sp³-hybridized carbons (Fsp3) is 0.733. The molecule has 2 fully saturated rings. The molecule has 4 heteroatoms. The van der Waals surface area contributed by atoms with Gasteiger partial charge < -0.3 is 5.32 Å². The molecule has 1 aromatic heterocycles. The molecule has 0 radical (unpaired) electrons. The van der Waals surface area contributed by atoms with Gasteiger partial charge in [-0.1, -0.05) is 6.92 Å². The van der Waals surface area contributed by atoms with Crippen LogP contribution in [0.1, 0.15) is 37.6 Å². The highest BCUT2D eigenvalue weighted by atomic mass is 15.2. The first kappa shape index (κ1) is 13.0. The molecule has 4 nitrogen and oxygen atoms in total. The Balaban J connectivity index is 1.66. The quantitative estimate of drug-likeness (QED) is 0.895. The van der Waals surface area contributed by atoms with Crippen molar-refractivity contribution in [1.29, 1.82) is 0 Å². The van der Waals surface area contributed by atoms with Crippen LogP contribution in [-0.4, -0.2) is 40.0 Å². The highest BCUT2D eigenvalue weighted by Gasteiger charge is 2.36. The predicted octanol–water partition coefficient (Wildman–Crippen LogP) is 1.75. The summed E-state index contributed by atoms with van der Waals surface area (Å²) in [5.41, 5.74) is 2.09. The third-order valence-corrected chi connectivity index (χ3v) is 4.43. The van der Waals surface area contributed by atoms with E-state index in [1.165, 1.54) is 25.8 Å². The first-order chi connectivity index (χ1) is 9.26. The molecule has 1 saturated carbocycles. The van der Waals surface area contributed by atoms with Crippen LogP contribution >= 0.6 is 0 Å². The highest BCUT2D eigenvalue weighted by molar-refractivity contribution is 5.02. The van der Waals surface area contributed by atoms with Gasteiger partial charge in [0.05, 0.1) is 11.4 Å². The summed E-state index contributed by atoms with van der Waals surface area (Å²) in [6, 6.07) is 1.33. The van der Waals surface area contributed by atoms with Crippen LogP contribution in [0.5, 0.6) is 0 Å². The Morgan fingerprint density at radius 1 is 1.32 bits per heavy atom. The number of hydrogen-bond acceptors (Lipinski definition) is 4. The molecule has 104 valence electrons. The lowest BCUT2D eigenvalue weighted by Gasteiger charge is -2.40. The summed E-state index contributed by atoms with van der Waals surface area (Å²) in [6.45, 7) is 7.49. The van der Waals surface area contributed by atoms with Gasteiger partial charge in [-0.25, -0.2) is 0 Å². The van der Waals surface area contributed by atoms with Gasteiger partial charge in [-0.2, -0.15) is 0 Å². The molecule has 0 aromatic carbocycles. The number of rotatable bonds is 4. The molecule has 1 aliphatic carbocycles. The van der Waals surface area contributed by atoms with Crippen LogP contribution in [0.25, 0.3) is 0 Å². The molecule has 1 saturated heterocycles. The SMILES string of the molecule is CCC1CNC(C2CC2)CN1Cc1cnc(C)cn1. The van der Waals surface area contributed by atoms with Gasteiger partial charge in [0, 0.05) is 44.1 Å². The molecule has 1 aromatic rings. The van der Waals surface area contributed by atoms with Crippen molar-refractivity contribution in [2.45, 2.75) is 51.7 Å². The maximum absolute atomic E-state index is 4.50. The van der Waals surface area contributed by atoms with Gasteiger partial charge in [-0.05, 0) is 32.1 Å². The van der Waals surface area contributed by atoms with E-state index in [-0.39, 0.29) is 0 Å². The highest BCUT2D eigenvalue weighted by Crippen LogP contribution is 2.34. The lowest BCUT2D eigenvalue weighted by Crippen LogP contribution is -2.56. The second kappa shape index (κ2) is 5.55. The van der Waals surface area contributed by atoms with Crippen molar-refractivity contribution in [3.8, 4) is 0 Å². The van der Waals surface area contributed by atoms with Crippen LogP contribution in [0.4, 0.5) is 0 Å². The second-order valence-electron chi connectivity index (χ2n) is 5.99. The molecule has 2 aliphatic rings. The van der Waals surface area contributed by atoms with Gasteiger partial charge in [0.2, 0.25) is 0 Å². The van der Waals surface area contributed by atoms with E-state index in [0.717, 1.165) is 30.4 Å². The van der Waals surface area contributed by atoms with E-state index in [1.807, 2.05) is 19.3 Å². The zero-order valence-electron chi connectivity index (χ0n) is 12.0. The lowest BCUT2D eigenvalue weighted by molar-refractivity contribution is 0.110. The minimum Gasteiger partial charge on any atom is -0.311 e. The fourth-order valence-corrected chi connectivity index (χ4v) is 3.00. The smallest absolute Gasteiger partial charge is 0.0727 e. The second-order valence-corrected chi connectivity index (χ2v) is 5.99. The van der Waals surface area contributed by atoms with Crippen molar-refractivity contribution in [3.63, 3.8) is 0 Å². The third-order valence-electron chi connectivity index (χ3n) is 4.43. The van der Waals surface area contributed by atoms with Crippen LogP contribution in [0.3, 0.4) is 0 Å². The van der Waals surface area contributed by atoms with E-state index in [2.05, 4.69) is 27.1 Å². The average molecular weight is 260 g/mol. The summed E-state index contributed by atoms with van der Waals surface area (Å²) in [5.74, 6) is 0.921. The van der Waals surface area contributed by atoms with Gasteiger partial charge >= 0.3 is 0 Å². The molecule has 19 heavy (non-hydrogen) atoms. The standard InChI is InChI=1S/C15H24N4/c1-3-14-8-18-15(12-4-5-12)10-19(14)9-13-7-16-11(2)6-17-13/h6-7,12,14-15,18H,3-5,8-10H2,1-2H3. The summed E-state index contributed by atoms with van der Waals surface area (Å²) in [5, 5.41) is 3.73. The Hall–Kier alpha value is -1.00. The Morgan fingerprint density at radius 2 is 2.16 bits per heavy atom. The monoisotopic (exact) mass is 260 g/mol. The van der Waals surface area contributed by atoms with Crippen LogP contribution in [0, 0.1) is 12.8 Å². The van der Waals surface area contributed by atoms with Gasteiger partial charge in [0.15, 0.2) is 0 Å². The van der Waals surface area contributed by atoms with E-state index in [4.69, 9.17) is 0 Å². The van der Waals surface area contributed by atoms with Crippen LogP contribution in [0.15, 0.2) is 12.4 Å². The summed E-state index contributed by atoms with van der Waals surface area (Å²) >= 11 is 0. The van der Waals surface area contributed by atoms with Crippen LogP contribution < -0.4 is 5.32 Å². The minimum absolute atomic E-state index is 0.637. The number of nitrogens with zero attached hydrogens (tertiary/aromatic N) is 3. The van der Waals surface area contributed by atoms with E-state index < -0.39 is 0 Å². The fourth-order valence-electron chi connectivity index (χ4n) is 3.00. The molecule has 3 rings (SSSR count). The summed E-state index contributed by atoms with van der Waals surface area (Å²) in [4.78, 5) is 11.5.